The summed E-state index contributed by atoms with van der Waals surface area (Å²) >= 11 is 5.94. The van der Waals surface area contributed by atoms with Crippen LogP contribution in [0.2, 0.25) is 5.02 Å². The van der Waals surface area contributed by atoms with Gasteiger partial charge in [-0.05, 0) is 37.5 Å². The molecule has 2 atom stereocenters. The van der Waals surface area contributed by atoms with Crippen LogP contribution in [0, 0.1) is 5.92 Å². The lowest BCUT2D eigenvalue weighted by Gasteiger charge is -2.31. The Kier molecular flexibility index (Phi) is 5.07. The zero-order valence-electron chi connectivity index (χ0n) is 11.9. The van der Waals surface area contributed by atoms with Crippen molar-refractivity contribution in [3.8, 4) is 0 Å². The monoisotopic (exact) mass is 310 g/mol. The van der Waals surface area contributed by atoms with Gasteiger partial charge < -0.3 is 15.3 Å². The average molecular weight is 311 g/mol. The molecule has 1 aromatic rings. The second-order valence-electron chi connectivity index (χ2n) is 5.35. The molecule has 0 saturated carbocycles. The highest BCUT2D eigenvalue weighted by Crippen LogP contribution is 2.20. The number of carboxylic acids is 1. The second kappa shape index (κ2) is 6.80. The first-order chi connectivity index (χ1) is 9.97. The Bertz CT molecular complexity index is 535. The van der Waals surface area contributed by atoms with E-state index in [1.165, 1.54) is 0 Å². The molecule has 1 aliphatic heterocycles. The molecule has 5 nitrogen and oxygen atoms in total. The van der Waals surface area contributed by atoms with Gasteiger partial charge in [0.1, 0.15) is 0 Å². The number of carboxylic acid groups (broad SMARTS) is 1. The first-order valence-corrected chi connectivity index (χ1v) is 7.39. The maximum absolute atomic E-state index is 12.2. The standard InChI is InChI=1S/C15H19ClN2O3/c1-10(11-4-2-6-13(16)8-11)17-15(21)18-7-3-5-12(9-18)14(19)20/h2,4,6,8,10,12H,3,5,7,9H2,1H3,(H,17,21)(H,19,20). The quantitative estimate of drug-likeness (QED) is 0.902. The summed E-state index contributed by atoms with van der Waals surface area (Å²) in [5, 5.41) is 12.6. The number of hydrogen-bond acceptors (Lipinski definition) is 2. The van der Waals surface area contributed by atoms with Crippen molar-refractivity contribution < 1.29 is 14.7 Å². The van der Waals surface area contributed by atoms with Gasteiger partial charge in [0, 0.05) is 18.1 Å². The number of nitrogens with one attached hydrogen (secondary N) is 1. The minimum absolute atomic E-state index is 0.179. The summed E-state index contributed by atoms with van der Waals surface area (Å²) in [6, 6.07) is 6.91. The molecule has 2 rings (SSSR count). The topological polar surface area (TPSA) is 69.6 Å². The van der Waals surface area contributed by atoms with E-state index in [-0.39, 0.29) is 18.6 Å². The van der Waals surface area contributed by atoms with Crippen LogP contribution in [0.3, 0.4) is 0 Å². The summed E-state index contributed by atoms with van der Waals surface area (Å²) in [7, 11) is 0. The molecule has 6 heteroatoms. The van der Waals surface area contributed by atoms with E-state index in [9.17, 15) is 9.59 Å². The number of aliphatic carboxylic acids is 1. The first-order valence-electron chi connectivity index (χ1n) is 7.01. The molecule has 1 heterocycles. The smallest absolute Gasteiger partial charge is 0.317 e. The number of hydrogen-bond donors (Lipinski definition) is 2. The molecule has 114 valence electrons. The van der Waals surface area contributed by atoms with E-state index in [1.807, 2.05) is 25.1 Å². The molecular weight excluding hydrogens is 292 g/mol. The zero-order chi connectivity index (χ0) is 15.4. The predicted octanol–water partition coefficient (Wildman–Crippen LogP) is 2.91. The molecule has 0 bridgehead atoms. The van der Waals surface area contributed by atoms with Gasteiger partial charge in [0.2, 0.25) is 0 Å². The number of carbonyl (C=O) groups is 2. The number of halogens is 1. The van der Waals surface area contributed by atoms with Crippen molar-refractivity contribution in [2.75, 3.05) is 13.1 Å². The molecule has 1 aliphatic rings. The van der Waals surface area contributed by atoms with Gasteiger partial charge in [0.15, 0.2) is 0 Å². The van der Waals surface area contributed by atoms with E-state index < -0.39 is 11.9 Å². The summed E-state index contributed by atoms with van der Waals surface area (Å²) in [5.41, 5.74) is 0.919. The van der Waals surface area contributed by atoms with Gasteiger partial charge in [0.05, 0.1) is 12.0 Å². The van der Waals surface area contributed by atoms with Crippen LogP contribution >= 0.6 is 11.6 Å². The van der Waals surface area contributed by atoms with Crippen LogP contribution in [-0.2, 0) is 4.79 Å². The largest absolute Gasteiger partial charge is 0.481 e. The maximum Gasteiger partial charge on any atom is 0.317 e. The van der Waals surface area contributed by atoms with Crippen LogP contribution < -0.4 is 5.32 Å². The molecule has 2 unspecified atom stereocenters. The summed E-state index contributed by atoms with van der Waals surface area (Å²) < 4.78 is 0. The Morgan fingerprint density at radius 2 is 2.24 bits per heavy atom. The van der Waals surface area contributed by atoms with Crippen molar-refractivity contribution in [3.05, 3.63) is 34.9 Å². The Labute approximate surface area is 128 Å². The number of nitrogens with zero attached hydrogens (tertiary/aromatic N) is 1. The maximum atomic E-state index is 12.2. The van der Waals surface area contributed by atoms with Crippen molar-refractivity contribution in [3.63, 3.8) is 0 Å². The van der Waals surface area contributed by atoms with Crippen molar-refractivity contribution in [2.45, 2.75) is 25.8 Å². The lowest BCUT2D eigenvalue weighted by molar-refractivity contribution is -0.143. The van der Waals surface area contributed by atoms with Gasteiger partial charge >= 0.3 is 12.0 Å². The number of benzene rings is 1. The highest BCUT2D eigenvalue weighted by molar-refractivity contribution is 6.30. The molecule has 1 fully saturated rings. The summed E-state index contributed by atoms with van der Waals surface area (Å²) in [5.74, 6) is -1.30. The van der Waals surface area contributed by atoms with Gasteiger partial charge in [-0.2, -0.15) is 0 Å². The third kappa shape index (κ3) is 4.11. The Balaban J connectivity index is 1.96. The minimum Gasteiger partial charge on any atom is -0.481 e. The molecule has 0 spiro atoms. The molecule has 2 N–H and O–H groups in total. The average Bonchev–Trinajstić information content (AvgIpc) is 2.47. The molecule has 21 heavy (non-hydrogen) atoms. The second-order valence-corrected chi connectivity index (χ2v) is 5.79. The minimum atomic E-state index is -0.838. The van der Waals surface area contributed by atoms with Crippen molar-refractivity contribution in [1.82, 2.24) is 10.2 Å². The molecule has 2 amide bonds. The number of rotatable bonds is 3. The third-order valence-electron chi connectivity index (χ3n) is 3.75. The summed E-state index contributed by atoms with van der Waals surface area (Å²) in [6.45, 7) is 2.74. The summed E-state index contributed by atoms with van der Waals surface area (Å²) in [4.78, 5) is 24.8. The molecular formula is C15H19ClN2O3. The fraction of sp³-hybridized carbons (Fsp3) is 0.467. The number of likely N-dealkylation sites (tertiary alicyclic amines) is 1. The molecule has 1 aromatic carbocycles. The predicted molar refractivity (Wildman–Crippen MR) is 80.3 cm³/mol. The van der Waals surface area contributed by atoms with Crippen LogP contribution in [0.5, 0.6) is 0 Å². The molecule has 0 radical (unpaired) electrons. The van der Waals surface area contributed by atoms with Crippen LogP contribution in [0.25, 0.3) is 0 Å². The van der Waals surface area contributed by atoms with E-state index >= 15 is 0 Å². The van der Waals surface area contributed by atoms with E-state index in [2.05, 4.69) is 5.32 Å². The molecule has 1 saturated heterocycles. The first kappa shape index (κ1) is 15.6. The zero-order valence-corrected chi connectivity index (χ0v) is 12.6. The van der Waals surface area contributed by atoms with E-state index in [1.54, 1.807) is 11.0 Å². The summed E-state index contributed by atoms with van der Waals surface area (Å²) in [6.07, 6.45) is 1.35. The van der Waals surface area contributed by atoms with Crippen LogP contribution in [0.15, 0.2) is 24.3 Å². The molecule has 0 aromatic heterocycles. The Hall–Kier alpha value is -1.75. The lowest BCUT2D eigenvalue weighted by atomic mass is 9.98. The number of piperidine rings is 1. The Morgan fingerprint density at radius 1 is 1.48 bits per heavy atom. The van der Waals surface area contributed by atoms with Crippen LogP contribution in [0.1, 0.15) is 31.4 Å². The van der Waals surface area contributed by atoms with Crippen molar-refractivity contribution in [1.29, 1.82) is 0 Å². The van der Waals surface area contributed by atoms with Crippen LogP contribution in [0.4, 0.5) is 4.79 Å². The van der Waals surface area contributed by atoms with Gasteiger partial charge in [-0.25, -0.2) is 4.79 Å². The fourth-order valence-electron chi connectivity index (χ4n) is 2.50. The van der Waals surface area contributed by atoms with E-state index in [0.29, 0.717) is 18.0 Å². The van der Waals surface area contributed by atoms with Crippen molar-refractivity contribution >= 4 is 23.6 Å². The van der Waals surface area contributed by atoms with E-state index in [4.69, 9.17) is 16.7 Å². The number of amides is 2. The lowest BCUT2D eigenvalue weighted by Crippen LogP contribution is -2.47. The SMILES string of the molecule is CC(NC(=O)N1CCCC(C(=O)O)C1)c1cccc(Cl)c1. The Morgan fingerprint density at radius 3 is 2.90 bits per heavy atom. The van der Waals surface area contributed by atoms with Gasteiger partial charge in [-0.15, -0.1) is 0 Å². The van der Waals surface area contributed by atoms with Gasteiger partial charge in [-0.1, -0.05) is 23.7 Å². The third-order valence-corrected chi connectivity index (χ3v) is 3.98. The highest BCUT2D eigenvalue weighted by atomic mass is 35.5. The number of carbonyl (C=O) groups excluding carboxylic acids is 1. The van der Waals surface area contributed by atoms with Crippen LogP contribution in [-0.4, -0.2) is 35.1 Å². The molecule has 0 aliphatic carbocycles. The number of urea groups is 1. The van der Waals surface area contributed by atoms with Gasteiger partial charge in [-0.3, -0.25) is 4.79 Å². The fourth-order valence-corrected chi connectivity index (χ4v) is 2.70. The highest BCUT2D eigenvalue weighted by Gasteiger charge is 2.28. The normalized spacial score (nSPS) is 19.9. The van der Waals surface area contributed by atoms with E-state index in [0.717, 1.165) is 12.0 Å². The van der Waals surface area contributed by atoms with Crippen molar-refractivity contribution in [2.24, 2.45) is 5.92 Å². The van der Waals surface area contributed by atoms with Gasteiger partial charge in [0.25, 0.3) is 0 Å².